The Morgan fingerprint density at radius 2 is 1.75 bits per heavy atom. The van der Waals surface area contributed by atoms with Crippen LogP contribution in [0.3, 0.4) is 0 Å². The van der Waals surface area contributed by atoms with E-state index in [1.54, 1.807) is 24.8 Å². The van der Waals surface area contributed by atoms with Crippen molar-refractivity contribution < 1.29 is 30.8 Å². The first-order chi connectivity index (χ1) is 14.9. The highest BCUT2D eigenvalue weighted by molar-refractivity contribution is 7.88. The third-order valence-corrected chi connectivity index (χ3v) is 6.19. The number of hydrogen-bond donors (Lipinski definition) is 1. The molecule has 2 aromatic carbocycles. The van der Waals surface area contributed by atoms with Gasteiger partial charge in [0.15, 0.2) is 23.3 Å². The topological polar surface area (TPSA) is 66.5 Å². The maximum absolute atomic E-state index is 14.3. The van der Waals surface area contributed by atoms with Crippen LogP contribution in [0.2, 0.25) is 0 Å². The Balaban J connectivity index is 1.98. The van der Waals surface area contributed by atoms with Crippen LogP contribution in [0.5, 0.6) is 0 Å². The maximum atomic E-state index is 14.3. The fourth-order valence-electron chi connectivity index (χ4n) is 4.05. The van der Waals surface area contributed by atoms with E-state index in [4.69, 9.17) is 0 Å². The van der Waals surface area contributed by atoms with Gasteiger partial charge in [-0.1, -0.05) is 38.1 Å². The van der Waals surface area contributed by atoms with Crippen molar-refractivity contribution in [3.05, 3.63) is 59.2 Å². The van der Waals surface area contributed by atoms with E-state index in [0.29, 0.717) is 18.5 Å². The number of halogens is 4. The van der Waals surface area contributed by atoms with Crippen molar-refractivity contribution >= 4 is 15.9 Å². The Morgan fingerprint density at radius 3 is 2.31 bits per heavy atom. The molecule has 1 heterocycles. The summed E-state index contributed by atoms with van der Waals surface area (Å²) in [5, 5.41) is 0. The molecule has 2 atom stereocenters. The van der Waals surface area contributed by atoms with Crippen LogP contribution in [0.4, 0.5) is 17.6 Å². The van der Waals surface area contributed by atoms with Crippen molar-refractivity contribution in [3.63, 3.8) is 0 Å². The molecule has 1 amide bonds. The molecule has 0 aromatic heterocycles. The fraction of sp³-hybridized carbons (Fsp3) is 0.409. The number of hydrogen-bond acceptors (Lipinski definition) is 3. The molecule has 0 spiro atoms. The SMILES string of the molecule is CC(C)C(=O)N1CC[C@H](NS(C)(=O)=O)[C@@H]1Cc1cccc(-c2c(F)c(F)cc(F)c2F)c1. The van der Waals surface area contributed by atoms with E-state index < -0.39 is 50.9 Å². The summed E-state index contributed by atoms with van der Waals surface area (Å²) >= 11 is 0. The number of benzene rings is 2. The second-order valence-corrected chi connectivity index (χ2v) is 10.1. The minimum absolute atomic E-state index is 0.0664. The van der Waals surface area contributed by atoms with Crippen LogP contribution < -0.4 is 4.72 Å². The number of amides is 1. The Bertz CT molecular complexity index is 1110. The number of carbonyl (C=O) groups excluding carboxylic acids is 1. The van der Waals surface area contributed by atoms with Crippen LogP contribution in [-0.2, 0) is 21.2 Å². The Kier molecular flexibility index (Phi) is 6.94. The third kappa shape index (κ3) is 5.12. The van der Waals surface area contributed by atoms with Crippen molar-refractivity contribution in [2.75, 3.05) is 12.8 Å². The summed E-state index contributed by atoms with van der Waals surface area (Å²) in [6.07, 6.45) is 1.62. The van der Waals surface area contributed by atoms with Crippen LogP contribution in [0, 0.1) is 29.2 Å². The molecule has 174 valence electrons. The van der Waals surface area contributed by atoms with Gasteiger partial charge in [0.1, 0.15) is 0 Å². The number of likely N-dealkylation sites (tertiary alicyclic amines) is 1. The van der Waals surface area contributed by atoms with Crippen LogP contribution in [-0.4, -0.2) is 44.1 Å². The molecule has 1 aliphatic heterocycles. The first-order valence-corrected chi connectivity index (χ1v) is 12.0. The van der Waals surface area contributed by atoms with Gasteiger partial charge in [-0.3, -0.25) is 4.79 Å². The maximum Gasteiger partial charge on any atom is 0.225 e. The molecule has 10 heteroatoms. The average molecular weight is 473 g/mol. The molecule has 0 radical (unpaired) electrons. The molecule has 5 nitrogen and oxygen atoms in total. The lowest BCUT2D eigenvalue weighted by molar-refractivity contribution is -0.135. The van der Waals surface area contributed by atoms with E-state index in [1.165, 1.54) is 18.2 Å². The summed E-state index contributed by atoms with van der Waals surface area (Å²) in [6.45, 7) is 3.83. The second-order valence-electron chi connectivity index (χ2n) is 8.29. The van der Waals surface area contributed by atoms with E-state index in [9.17, 15) is 30.8 Å². The normalized spacial score (nSPS) is 19.1. The zero-order valence-corrected chi connectivity index (χ0v) is 18.6. The standard InChI is InChI=1S/C22H24F4N2O3S/c1-12(2)22(29)28-8-7-17(27-32(3,30)31)18(28)10-13-5-4-6-14(9-13)19-20(25)15(23)11-16(24)21(19)26/h4-6,9,11-12,17-18,27H,7-8,10H2,1-3H3/t17-,18-/m0/s1. The highest BCUT2D eigenvalue weighted by atomic mass is 32.2. The van der Waals surface area contributed by atoms with E-state index in [2.05, 4.69) is 4.72 Å². The lowest BCUT2D eigenvalue weighted by atomic mass is 9.96. The molecule has 1 saturated heterocycles. The second kappa shape index (κ2) is 9.19. The van der Waals surface area contributed by atoms with Crippen LogP contribution in [0.15, 0.2) is 30.3 Å². The van der Waals surface area contributed by atoms with Gasteiger partial charge in [-0.25, -0.2) is 30.7 Å². The zero-order valence-electron chi connectivity index (χ0n) is 17.8. The number of rotatable bonds is 6. The number of nitrogens with one attached hydrogen (secondary N) is 1. The summed E-state index contributed by atoms with van der Waals surface area (Å²) in [5.74, 6) is -6.48. The lowest BCUT2D eigenvalue weighted by Gasteiger charge is -2.30. The average Bonchev–Trinajstić information content (AvgIpc) is 3.06. The first kappa shape index (κ1) is 24.2. The van der Waals surface area contributed by atoms with Gasteiger partial charge in [-0.15, -0.1) is 0 Å². The van der Waals surface area contributed by atoms with Gasteiger partial charge < -0.3 is 4.90 Å². The quantitative estimate of drug-likeness (QED) is 0.516. The van der Waals surface area contributed by atoms with Gasteiger partial charge in [-0.05, 0) is 24.0 Å². The number of nitrogens with zero attached hydrogens (tertiary/aromatic N) is 1. The molecule has 1 fully saturated rings. The predicted octanol–water partition coefficient (Wildman–Crippen LogP) is 3.63. The van der Waals surface area contributed by atoms with E-state index >= 15 is 0 Å². The molecular weight excluding hydrogens is 448 g/mol. The van der Waals surface area contributed by atoms with Gasteiger partial charge in [0.25, 0.3) is 0 Å². The number of sulfonamides is 1. The Hall–Kier alpha value is -2.46. The molecular formula is C22H24F4N2O3S. The Morgan fingerprint density at radius 1 is 1.12 bits per heavy atom. The smallest absolute Gasteiger partial charge is 0.225 e. The van der Waals surface area contributed by atoms with Gasteiger partial charge >= 0.3 is 0 Å². The molecule has 3 rings (SSSR count). The van der Waals surface area contributed by atoms with Crippen molar-refractivity contribution in [2.45, 2.75) is 38.8 Å². The first-order valence-electron chi connectivity index (χ1n) is 10.1. The molecule has 0 bridgehead atoms. The van der Waals surface area contributed by atoms with Gasteiger partial charge in [0.05, 0.1) is 17.9 Å². The predicted molar refractivity (Wildman–Crippen MR) is 112 cm³/mol. The summed E-state index contributed by atoms with van der Waals surface area (Å²) in [4.78, 5) is 14.3. The largest absolute Gasteiger partial charge is 0.337 e. The number of carbonyl (C=O) groups is 1. The van der Waals surface area contributed by atoms with Crippen molar-refractivity contribution in [1.29, 1.82) is 0 Å². The molecule has 0 saturated carbocycles. The minimum atomic E-state index is -3.54. The van der Waals surface area contributed by atoms with Crippen molar-refractivity contribution in [3.8, 4) is 11.1 Å². The zero-order chi connectivity index (χ0) is 23.8. The summed E-state index contributed by atoms with van der Waals surface area (Å²) in [7, 11) is -3.54. The lowest BCUT2D eigenvalue weighted by Crippen LogP contribution is -2.48. The van der Waals surface area contributed by atoms with Gasteiger partial charge in [-0.2, -0.15) is 0 Å². The van der Waals surface area contributed by atoms with Gasteiger partial charge in [0, 0.05) is 24.6 Å². The molecule has 1 aliphatic rings. The van der Waals surface area contributed by atoms with E-state index in [0.717, 1.165) is 6.26 Å². The minimum Gasteiger partial charge on any atom is -0.337 e. The van der Waals surface area contributed by atoms with Crippen LogP contribution in [0.25, 0.3) is 11.1 Å². The summed E-state index contributed by atoms with van der Waals surface area (Å²) in [6, 6.07) is 4.89. The molecule has 2 aromatic rings. The van der Waals surface area contributed by atoms with E-state index in [1.807, 2.05) is 0 Å². The molecule has 0 unspecified atom stereocenters. The Labute approximate surface area is 184 Å². The van der Waals surface area contributed by atoms with Gasteiger partial charge in [0.2, 0.25) is 15.9 Å². The van der Waals surface area contributed by atoms with E-state index in [-0.39, 0.29) is 29.9 Å². The van der Waals surface area contributed by atoms with Crippen LogP contribution in [0.1, 0.15) is 25.8 Å². The van der Waals surface area contributed by atoms with Crippen LogP contribution >= 0.6 is 0 Å². The van der Waals surface area contributed by atoms with Crippen molar-refractivity contribution in [1.82, 2.24) is 9.62 Å². The monoisotopic (exact) mass is 472 g/mol. The summed E-state index contributed by atoms with van der Waals surface area (Å²) in [5.41, 5.74) is -0.361. The highest BCUT2D eigenvalue weighted by Crippen LogP contribution is 2.31. The molecule has 1 N–H and O–H groups in total. The fourth-order valence-corrected chi connectivity index (χ4v) is 4.87. The highest BCUT2D eigenvalue weighted by Gasteiger charge is 2.39. The molecule has 32 heavy (non-hydrogen) atoms. The third-order valence-electron chi connectivity index (χ3n) is 5.46. The summed E-state index contributed by atoms with van der Waals surface area (Å²) < 4.78 is 82.0. The molecule has 0 aliphatic carbocycles. The van der Waals surface area contributed by atoms with Crippen molar-refractivity contribution in [2.24, 2.45) is 5.92 Å².